The molecule has 3 nitrogen and oxygen atoms in total. The van der Waals surface area contributed by atoms with E-state index in [0.717, 1.165) is 19.0 Å². The lowest BCUT2D eigenvalue weighted by Crippen LogP contribution is -2.22. The molecular weight excluding hydrogens is 210 g/mol. The largest absolute Gasteiger partial charge is 0.356 e. The molecule has 1 N–H and O–H groups in total. The Morgan fingerprint density at radius 2 is 2.35 bits per heavy atom. The van der Waals surface area contributed by atoms with Gasteiger partial charge in [0.1, 0.15) is 5.82 Å². The molecule has 0 aromatic carbocycles. The van der Waals surface area contributed by atoms with E-state index in [1.807, 2.05) is 13.2 Å². The van der Waals surface area contributed by atoms with Crippen LogP contribution in [0.2, 0.25) is 0 Å². The molecule has 1 unspecified atom stereocenters. The highest BCUT2D eigenvalue weighted by Gasteiger charge is 2.22. The summed E-state index contributed by atoms with van der Waals surface area (Å²) in [4.78, 5) is 7.07. The molecule has 1 atom stereocenters. The lowest BCUT2D eigenvalue weighted by Gasteiger charge is -2.20. The number of anilines is 1. The van der Waals surface area contributed by atoms with E-state index in [0.29, 0.717) is 0 Å². The molecule has 0 amide bonds. The minimum absolute atomic E-state index is 0.855. The highest BCUT2D eigenvalue weighted by Crippen LogP contribution is 2.26. The van der Waals surface area contributed by atoms with E-state index in [4.69, 9.17) is 0 Å². The third-order valence-electron chi connectivity index (χ3n) is 3.65. The maximum atomic E-state index is 4.63. The maximum Gasteiger partial charge on any atom is 0.131 e. The molecule has 0 spiro atoms. The zero-order valence-electron chi connectivity index (χ0n) is 11.2. The zero-order chi connectivity index (χ0) is 12.3. The van der Waals surface area contributed by atoms with Gasteiger partial charge in [-0.05, 0) is 43.5 Å². The van der Waals surface area contributed by atoms with Gasteiger partial charge >= 0.3 is 0 Å². The van der Waals surface area contributed by atoms with Crippen molar-refractivity contribution in [3.63, 3.8) is 0 Å². The molecule has 1 aromatic rings. The van der Waals surface area contributed by atoms with E-state index in [1.165, 1.54) is 36.3 Å². The van der Waals surface area contributed by atoms with Crippen LogP contribution in [0.1, 0.15) is 30.9 Å². The minimum atomic E-state index is 0.855. The van der Waals surface area contributed by atoms with Crippen LogP contribution in [0.5, 0.6) is 0 Å². The Morgan fingerprint density at radius 3 is 2.94 bits per heavy atom. The van der Waals surface area contributed by atoms with Gasteiger partial charge in [0, 0.05) is 25.8 Å². The molecule has 0 bridgehead atoms. The third kappa shape index (κ3) is 2.78. The number of nitrogens with one attached hydrogen (secondary N) is 1. The summed E-state index contributed by atoms with van der Waals surface area (Å²) >= 11 is 0. The van der Waals surface area contributed by atoms with Crippen LogP contribution in [-0.2, 0) is 6.54 Å². The van der Waals surface area contributed by atoms with Gasteiger partial charge in [0.05, 0.1) is 0 Å². The van der Waals surface area contributed by atoms with Crippen LogP contribution in [0.25, 0.3) is 0 Å². The van der Waals surface area contributed by atoms with Crippen molar-refractivity contribution in [2.45, 2.75) is 33.2 Å². The first-order chi connectivity index (χ1) is 8.24. The zero-order valence-corrected chi connectivity index (χ0v) is 11.2. The predicted molar refractivity (Wildman–Crippen MR) is 72.3 cm³/mol. The first-order valence-electron chi connectivity index (χ1n) is 6.59. The molecule has 0 aliphatic carbocycles. The SMILES string of the molecule is CCC1CCN(c2ncc(CNC)cc2C)C1. The number of rotatable bonds is 4. The molecule has 1 aliphatic rings. The number of pyridine rings is 1. The molecule has 1 aliphatic heterocycles. The molecular formula is C14H23N3. The average molecular weight is 233 g/mol. The van der Waals surface area contributed by atoms with Crippen LogP contribution in [0.3, 0.4) is 0 Å². The van der Waals surface area contributed by atoms with Gasteiger partial charge in [-0.3, -0.25) is 0 Å². The van der Waals surface area contributed by atoms with Crippen LogP contribution in [-0.4, -0.2) is 25.1 Å². The van der Waals surface area contributed by atoms with Crippen LogP contribution in [0.4, 0.5) is 5.82 Å². The van der Waals surface area contributed by atoms with Crippen LogP contribution < -0.4 is 10.2 Å². The summed E-state index contributed by atoms with van der Waals surface area (Å²) in [6.07, 6.45) is 4.60. The Bertz CT molecular complexity index is 376. The van der Waals surface area contributed by atoms with Crippen molar-refractivity contribution < 1.29 is 0 Å². The van der Waals surface area contributed by atoms with Crippen molar-refractivity contribution in [3.05, 3.63) is 23.4 Å². The Balaban J connectivity index is 2.11. The fourth-order valence-electron chi connectivity index (χ4n) is 2.62. The topological polar surface area (TPSA) is 28.2 Å². The number of hydrogen-bond donors (Lipinski definition) is 1. The molecule has 0 radical (unpaired) electrons. The first kappa shape index (κ1) is 12.4. The fraction of sp³-hybridized carbons (Fsp3) is 0.643. The van der Waals surface area contributed by atoms with Gasteiger partial charge in [-0.15, -0.1) is 0 Å². The van der Waals surface area contributed by atoms with Gasteiger partial charge in [0.25, 0.3) is 0 Å². The minimum Gasteiger partial charge on any atom is -0.356 e. The molecule has 0 saturated carbocycles. The van der Waals surface area contributed by atoms with Gasteiger partial charge in [-0.25, -0.2) is 4.98 Å². The summed E-state index contributed by atoms with van der Waals surface area (Å²) in [5.74, 6) is 2.04. The van der Waals surface area contributed by atoms with Gasteiger partial charge in [-0.1, -0.05) is 13.3 Å². The van der Waals surface area contributed by atoms with Gasteiger partial charge in [0.15, 0.2) is 0 Å². The normalized spacial score (nSPS) is 19.9. The Kier molecular flexibility index (Phi) is 4.00. The smallest absolute Gasteiger partial charge is 0.131 e. The second kappa shape index (κ2) is 5.50. The lowest BCUT2D eigenvalue weighted by atomic mass is 10.1. The molecule has 1 aromatic heterocycles. The van der Waals surface area contributed by atoms with Gasteiger partial charge in [0.2, 0.25) is 0 Å². The monoisotopic (exact) mass is 233 g/mol. The van der Waals surface area contributed by atoms with Crippen LogP contribution in [0, 0.1) is 12.8 Å². The highest BCUT2D eigenvalue weighted by atomic mass is 15.2. The van der Waals surface area contributed by atoms with Crippen molar-refractivity contribution in [2.24, 2.45) is 5.92 Å². The van der Waals surface area contributed by atoms with E-state index >= 15 is 0 Å². The van der Waals surface area contributed by atoms with E-state index < -0.39 is 0 Å². The molecule has 2 rings (SSSR count). The van der Waals surface area contributed by atoms with Gasteiger partial charge in [-0.2, -0.15) is 0 Å². The number of aryl methyl sites for hydroxylation is 1. The second-order valence-electron chi connectivity index (χ2n) is 5.02. The lowest BCUT2D eigenvalue weighted by molar-refractivity contribution is 0.568. The quantitative estimate of drug-likeness (QED) is 0.865. The summed E-state index contributed by atoms with van der Waals surface area (Å²) < 4.78 is 0. The van der Waals surface area contributed by atoms with Gasteiger partial charge < -0.3 is 10.2 Å². The maximum absolute atomic E-state index is 4.63. The fourth-order valence-corrected chi connectivity index (χ4v) is 2.62. The first-order valence-corrected chi connectivity index (χ1v) is 6.59. The Hall–Kier alpha value is -1.09. The predicted octanol–water partition coefficient (Wildman–Crippen LogP) is 2.35. The van der Waals surface area contributed by atoms with Crippen molar-refractivity contribution in [2.75, 3.05) is 25.0 Å². The van der Waals surface area contributed by atoms with E-state index in [2.05, 4.69) is 35.1 Å². The average Bonchev–Trinajstić information content (AvgIpc) is 2.78. The highest BCUT2D eigenvalue weighted by molar-refractivity contribution is 5.48. The van der Waals surface area contributed by atoms with E-state index in [-0.39, 0.29) is 0 Å². The summed E-state index contributed by atoms with van der Waals surface area (Å²) in [6, 6.07) is 2.25. The molecule has 1 fully saturated rings. The van der Waals surface area contributed by atoms with Crippen LogP contribution in [0.15, 0.2) is 12.3 Å². The van der Waals surface area contributed by atoms with Crippen molar-refractivity contribution >= 4 is 5.82 Å². The standard InChI is InChI=1S/C14H23N3/c1-4-12-5-6-17(10-12)14-11(2)7-13(8-15-3)9-16-14/h7,9,12,15H,4-6,8,10H2,1-3H3. The van der Waals surface area contributed by atoms with E-state index in [1.54, 1.807) is 0 Å². The van der Waals surface area contributed by atoms with Crippen molar-refractivity contribution in [3.8, 4) is 0 Å². The summed E-state index contributed by atoms with van der Waals surface area (Å²) in [7, 11) is 1.97. The third-order valence-corrected chi connectivity index (χ3v) is 3.65. The van der Waals surface area contributed by atoms with E-state index in [9.17, 15) is 0 Å². The Labute approximate surface area is 104 Å². The number of nitrogens with zero attached hydrogens (tertiary/aromatic N) is 2. The molecule has 17 heavy (non-hydrogen) atoms. The molecule has 1 saturated heterocycles. The molecule has 2 heterocycles. The Morgan fingerprint density at radius 1 is 1.53 bits per heavy atom. The number of aromatic nitrogens is 1. The van der Waals surface area contributed by atoms with Crippen LogP contribution >= 0.6 is 0 Å². The summed E-state index contributed by atoms with van der Waals surface area (Å²) in [6.45, 7) is 7.68. The number of hydrogen-bond acceptors (Lipinski definition) is 3. The molecule has 3 heteroatoms. The van der Waals surface area contributed by atoms with Crippen molar-refractivity contribution in [1.82, 2.24) is 10.3 Å². The summed E-state index contributed by atoms with van der Waals surface area (Å²) in [5.41, 5.74) is 2.56. The second-order valence-corrected chi connectivity index (χ2v) is 5.02. The molecule has 94 valence electrons. The van der Waals surface area contributed by atoms with Crippen molar-refractivity contribution in [1.29, 1.82) is 0 Å². The summed E-state index contributed by atoms with van der Waals surface area (Å²) in [5, 5.41) is 3.16.